The lowest BCUT2D eigenvalue weighted by atomic mass is 9.81. The monoisotopic (exact) mass is 590 g/mol. The minimum absolute atomic E-state index is 0.261. The highest BCUT2D eigenvalue weighted by atomic mass is 32.1. The number of carboxylic acid groups (broad SMARTS) is 1. The number of piperidine rings is 1. The first kappa shape index (κ1) is 30.6. The molecule has 1 fully saturated rings. The molecule has 1 saturated heterocycles. The number of anilines is 1. The van der Waals surface area contributed by atoms with Crippen molar-refractivity contribution in [2.75, 3.05) is 24.5 Å². The first-order chi connectivity index (χ1) is 19.7. The van der Waals surface area contributed by atoms with E-state index in [0.717, 1.165) is 85.9 Å². The number of carbonyl (C=O) groups is 1. The van der Waals surface area contributed by atoms with Crippen LogP contribution >= 0.6 is 11.3 Å². The van der Waals surface area contributed by atoms with Gasteiger partial charge in [0.1, 0.15) is 0 Å². The summed E-state index contributed by atoms with van der Waals surface area (Å²) in [4.78, 5) is 28.4. The number of aliphatic carboxylic acids is 1. The van der Waals surface area contributed by atoms with Crippen LogP contribution in [0, 0.1) is 26.2 Å². The van der Waals surface area contributed by atoms with Crippen molar-refractivity contribution in [1.82, 2.24) is 14.9 Å². The molecule has 4 heterocycles. The molecule has 3 aromatic rings. The van der Waals surface area contributed by atoms with Crippen LogP contribution in [-0.4, -0.2) is 51.2 Å². The summed E-state index contributed by atoms with van der Waals surface area (Å²) < 4.78 is 6.25. The minimum atomic E-state index is -1.11. The van der Waals surface area contributed by atoms with Gasteiger partial charge in [-0.25, -0.2) is 9.78 Å². The Hall–Kier alpha value is -2.81. The van der Waals surface area contributed by atoms with Crippen molar-refractivity contribution >= 4 is 23.0 Å². The SMILES string of the molecule is Cc1ncsc1CN1CCc2cc(-c3c(C)nc(C)c(C(OC(C)(C)C)C(=O)O)c3N3CCC(C)(C)CC3)ccc2C1. The van der Waals surface area contributed by atoms with E-state index in [1.807, 2.05) is 33.2 Å². The Morgan fingerprint density at radius 2 is 1.79 bits per heavy atom. The fourth-order valence-corrected chi connectivity index (χ4v) is 7.16. The summed E-state index contributed by atoms with van der Waals surface area (Å²) in [5.74, 6) is -0.982. The van der Waals surface area contributed by atoms with Gasteiger partial charge in [0.05, 0.1) is 22.5 Å². The van der Waals surface area contributed by atoms with E-state index >= 15 is 0 Å². The van der Waals surface area contributed by atoms with Gasteiger partial charge in [-0.2, -0.15) is 0 Å². The Bertz CT molecular complexity index is 1460. The number of fused-ring (bicyclic) bond motifs is 1. The van der Waals surface area contributed by atoms with Gasteiger partial charge in [-0.15, -0.1) is 11.3 Å². The lowest BCUT2D eigenvalue weighted by Gasteiger charge is -2.41. The van der Waals surface area contributed by atoms with E-state index in [4.69, 9.17) is 9.72 Å². The van der Waals surface area contributed by atoms with Crippen LogP contribution in [0.5, 0.6) is 0 Å². The Morgan fingerprint density at radius 3 is 2.40 bits per heavy atom. The van der Waals surface area contributed by atoms with Gasteiger partial charge in [-0.3, -0.25) is 9.88 Å². The van der Waals surface area contributed by atoms with E-state index in [1.54, 1.807) is 11.3 Å². The Balaban J connectivity index is 1.59. The highest BCUT2D eigenvalue weighted by molar-refractivity contribution is 7.09. The standard InChI is InChI=1S/C34H46N4O3S/c1-21-27(42-20-35-21)19-37-14-11-24-17-25(9-10-26(24)18-37)28-22(2)36-23(3)29(31(32(39)40)41-33(4,5)6)30(28)38-15-12-34(7,8)13-16-38/h9-10,17,20,31H,11-16,18-19H2,1-8H3,(H,39,40). The minimum Gasteiger partial charge on any atom is -0.479 e. The predicted octanol–water partition coefficient (Wildman–Crippen LogP) is 7.26. The number of hydrogen-bond acceptors (Lipinski definition) is 7. The van der Waals surface area contributed by atoms with E-state index in [-0.39, 0.29) is 5.41 Å². The molecule has 2 aromatic heterocycles. The number of aryl methyl sites for hydroxylation is 3. The molecule has 1 aromatic carbocycles. The average molecular weight is 591 g/mol. The van der Waals surface area contributed by atoms with Gasteiger partial charge >= 0.3 is 5.97 Å². The third-order valence-electron chi connectivity index (χ3n) is 8.77. The van der Waals surface area contributed by atoms with Crippen molar-refractivity contribution in [2.24, 2.45) is 5.41 Å². The topological polar surface area (TPSA) is 78.8 Å². The lowest BCUT2D eigenvalue weighted by Crippen LogP contribution is -2.39. The van der Waals surface area contributed by atoms with Crippen molar-refractivity contribution < 1.29 is 14.6 Å². The highest BCUT2D eigenvalue weighted by Gasteiger charge is 2.36. The van der Waals surface area contributed by atoms with Gasteiger partial charge in [-0.05, 0) is 82.9 Å². The van der Waals surface area contributed by atoms with E-state index in [1.165, 1.54) is 16.0 Å². The van der Waals surface area contributed by atoms with Gasteiger partial charge in [-0.1, -0.05) is 32.0 Å². The molecule has 1 N–H and O–H groups in total. The highest BCUT2D eigenvalue weighted by Crippen LogP contribution is 2.45. The quantitative estimate of drug-likeness (QED) is 0.310. The normalized spacial score (nSPS) is 18.1. The number of carboxylic acids is 1. The Morgan fingerprint density at radius 1 is 1.07 bits per heavy atom. The van der Waals surface area contributed by atoms with Crippen molar-refractivity contribution in [3.63, 3.8) is 0 Å². The molecule has 0 spiro atoms. The molecule has 0 amide bonds. The van der Waals surface area contributed by atoms with Crippen LogP contribution < -0.4 is 4.90 Å². The van der Waals surface area contributed by atoms with E-state index in [2.05, 4.69) is 60.7 Å². The van der Waals surface area contributed by atoms with Crippen LogP contribution in [0.4, 0.5) is 5.69 Å². The van der Waals surface area contributed by atoms with Crippen LogP contribution in [0.1, 0.15) is 92.2 Å². The molecule has 2 aliphatic heterocycles. The van der Waals surface area contributed by atoms with Crippen LogP contribution in [-0.2, 0) is 29.0 Å². The van der Waals surface area contributed by atoms with E-state index in [9.17, 15) is 9.90 Å². The van der Waals surface area contributed by atoms with Gasteiger partial charge in [0.2, 0.25) is 0 Å². The van der Waals surface area contributed by atoms with Crippen LogP contribution in [0.15, 0.2) is 23.7 Å². The third kappa shape index (κ3) is 6.56. The smallest absolute Gasteiger partial charge is 0.337 e. The molecular weight excluding hydrogens is 544 g/mol. The number of rotatable bonds is 7. The molecule has 0 radical (unpaired) electrons. The molecule has 1 unspecified atom stereocenters. The third-order valence-corrected chi connectivity index (χ3v) is 9.69. The molecule has 1 atom stereocenters. The molecule has 5 rings (SSSR count). The van der Waals surface area contributed by atoms with Crippen LogP contribution in [0.25, 0.3) is 11.1 Å². The van der Waals surface area contributed by atoms with Crippen molar-refractivity contribution in [2.45, 2.75) is 99.4 Å². The molecule has 7 nitrogen and oxygen atoms in total. The summed E-state index contributed by atoms with van der Waals surface area (Å²) in [5, 5.41) is 10.5. The molecule has 2 aliphatic rings. The molecule has 8 heteroatoms. The number of ether oxygens (including phenoxy) is 1. The maximum Gasteiger partial charge on any atom is 0.337 e. The van der Waals surface area contributed by atoms with Gasteiger partial charge < -0.3 is 14.7 Å². The van der Waals surface area contributed by atoms with Gasteiger partial charge in [0, 0.05) is 60.1 Å². The summed E-state index contributed by atoms with van der Waals surface area (Å²) in [6.07, 6.45) is 1.96. The molecular formula is C34H46N4O3S. The zero-order chi connectivity index (χ0) is 30.4. The molecule has 42 heavy (non-hydrogen) atoms. The molecule has 0 saturated carbocycles. The zero-order valence-corrected chi connectivity index (χ0v) is 27.3. The second-order valence-corrected chi connectivity index (χ2v) is 14.8. The number of benzene rings is 1. The first-order valence-corrected chi connectivity index (χ1v) is 16.0. The van der Waals surface area contributed by atoms with Crippen molar-refractivity contribution in [3.05, 3.63) is 62.4 Å². The summed E-state index contributed by atoms with van der Waals surface area (Å²) in [7, 11) is 0. The predicted molar refractivity (Wildman–Crippen MR) is 170 cm³/mol. The van der Waals surface area contributed by atoms with Crippen LogP contribution in [0.2, 0.25) is 0 Å². The number of aromatic nitrogens is 2. The second kappa shape index (κ2) is 11.7. The number of pyridine rings is 1. The van der Waals surface area contributed by atoms with E-state index < -0.39 is 17.7 Å². The number of nitrogens with zero attached hydrogens (tertiary/aromatic N) is 4. The molecule has 226 valence electrons. The second-order valence-electron chi connectivity index (χ2n) is 13.8. The number of thiazole rings is 1. The summed E-state index contributed by atoms with van der Waals surface area (Å²) >= 11 is 1.73. The van der Waals surface area contributed by atoms with Crippen LogP contribution in [0.3, 0.4) is 0 Å². The zero-order valence-electron chi connectivity index (χ0n) is 26.5. The summed E-state index contributed by atoms with van der Waals surface area (Å²) in [6, 6.07) is 6.80. The maximum absolute atomic E-state index is 12.8. The molecule has 0 bridgehead atoms. The first-order valence-electron chi connectivity index (χ1n) is 15.1. The summed E-state index contributed by atoms with van der Waals surface area (Å²) in [6.45, 7) is 21.0. The Kier molecular flexibility index (Phi) is 8.54. The van der Waals surface area contributed by atoms with Crippen molar-refractivity contribution in [1.29, 1.82) is 0 Å². The maximum atomic E-state index is 12.8. The fraction of sp³-hybridized carbons (Fsp3) is 0.559. The average Bonchev–Trinajstić information content (AvgIpc) is 3.30. The fourth-order valence-electron chi connectivity index (χ4n) is 6.34. The largest absolute Gasteiger partial charge is 0.479 e. The van der Waals surface area contributed by atoms with Gasteiger partial charge in [0.25, 0.3) is 0 Å². The van der Waals surface area contributed by atoms with Gasteiger partial charge in [0.15, 0.2) is 6.10 Å². The lowest BCUT2D eigenvalue weighted by molar-refractivity contribution is -0.160. The van der Waals surface area contributed by atoms with E-state index in [0.29, 0.717) is 5.56 Å². The Labute approximate surface area is 255 Å². The molecule has 0 aliphatic carbocycles. The van der Waals surface area contributed by atoms with Crippen molar-refractivity contribution in [3.8, 4) is 11.1 Å². The summed E-state index contributed by atoms with van der Waals surface area (Å²) in [5.41, 5.74) is 10.8. The number of hydrogen-bond donors (Lipinski definition) is 1.